The average molecular weight is 564 g/mol. The highest BCUT2D eigenvalue weighted by molar-refractivity contribution is 6.15. The fourth-order valence-electron chi connectivity index (χ4n) is 5.09. The van der Waals surface area contributed by atoms with Crippen LogP contribution in [-0.2, 0) is 13.2 Å². The molecule has 0 fully saturated rings. The van der Waals surface area contributed by atoms with Crippen molar-refractivity contribution in [3.8, 4) is 16.8 Å². The van der Waals surface area contributed by atoms with Gasteiger partial charge in [0.1, 0.15) is 22.7 Å². The second kappa shape index (κ2) is 9.18. The summed E-state index contributed by atoms with van der Waals surface area (Å²) in [5.41, 5.74) is 0.156. The summed E-state index contributed by atoms with van der Waals surface area (Å²) in [6, 6.07) is 4.92. The number of alkyl halides is 3. The molecule has 5 aromatic heterocycles. The Hall–Kier alpha value is -5.20. The largest absolute Gasteiger partial charge is 0.477 e. The van der Waals surface area contributed by atoms with Gasteiger partial charge in [0.15, 0.2) is 0 Å². The molecular weight excluding hydrogens is 544 g/mol. The number of aromatic carboxylic acids is 1. The number of aromatic amines is 1. The van der Waals surface area contributed by atoms with Crippen LogP contribution < -0.4 is 10.7 Å². The van der Waals surface area contributed by atoms with Crippen molar-refractivity contribution in [2.75, 3.05) is 11.9 Å². The summed E-state index contributed by atoms with van der Waals surface area (Å²) in [7, 11) is 1.54. The summed E-state index contributed by atoms with van der Waals surface area (Å²) in [6.07, 6.45) is 1.53. The summed E-state index contributed by atoms with van der Waals surface area (Å²) in [4.78, 5) is 36.7. The van der Waals surface area contributed by atoms with Crippen molar-refractivity contribution < 1.29 is 27.5 Å². The molecule has 3 N–H and O–H groups in total. The smallest absolute Gasteiger partial charge is 0.417 e. The molecule has 0 atom stereocenters. The molecule has 0 radical (unpaired) electrons. The van der Waals surface area contributed by atoms with E-state index in [1.807, 2.05) is 6.92 Å². The second-order valence-corrected chi connectivity index (χ2v) is 9.46. The number of hydrogen-bond donors (Lipinski definition) is 3. The Morgan fingerprint density at radius 2 is 1.90 bits per heavy atom. The van der Waals surface area contributed by atoms with Crippen molar-refractivity contribution in [1.29, 1.82) is 0 Å². The molecule has 0 saturated heterocycles. The Morgan fingerprint density at radius 1 is 1.12 bits per heavy atom. The highest BCUT2D eigenvalue weighted by Gasteiger charge is 2.32. The Kier molecular flexibility index (Phi) is 5.83. The maximum atomic E-state index is 14.8. The number of nitrogens with one attached hydrogen (secondary N) is 2. The molecule has 6 rings (SSSR count). The number of benzene rings is 1. The van der Waals surface area contributed by atoms with E-state index in [0.717, 1.165) is 12.3 Å². The zero-order valence-electron chi connectivity index (χ0n) is 21.5. The SMILES string of the molecule is CCNc1cc(F)cc2c1[nH]c1ncc(-c3cnc4c(c3)c(=O)c(C(=O)O)cn4C)c(-n3ccc(C(F)(F)F)c3)c12. The van der Waals surface area contributed by atoms with E-state index in [2.05, 4.69) is 20.3 Å². The molecule has 0 aliphatic carbocycles. The van der Waals surface area contributed by atoms with Crippen LogP contribution in [0, 0.1) is 5.82 Å². The highest BCUT2D eigenvalue weighted by Crippen LogP contribution is 2.40. The van der Waals surface area contributed by atoms with Crippen LogP contribution in [0.15, 0.2) is 60.0 Å². The molecule has 41 heavy (non-hydrogen) atoms. The maximum Gasteiger partial charge on any atom is 0.417 e. The van der Waals surface area contributed by atoms with Crippen molar-refractivity contribution in [1.82, 2.24) is 24.1 Å². The van der Waals surface area contributed by atoms with Gasteiger partial charge in [-0.3, -0.25) is 4.79 Å². The first kappa shape index (κ1) is 26.0. The number of nitrogens with zero attached hydrogens (tertiary/aromatic N) is 4. The van der Waals surface area contributed by atoms with Crippen LogP contribution in [-0.4, -0.2) is 41.7 Å². The predicted molar refractivity (Wildman–Crippen MR) is 145 cm³/mol. The van der Waals surface area contributed by atoms with Crippen LogP contribution in [0.25, 0.3) is 49.8 Å². The molecule has 0 unspecified atom stereocenters. The minimum atomic E-state index is -4.62. The van der Waals surface area contributed by atoms with Crippen molar-refractivity contribution in [3.05, 3.63) is 82.4 Å². The van der Waals surface area contributed by atoms with E-state index in [0.29, 0.717) is 39.7 Å². The Morgan fingerprint density at radius 3 is 2.59 bits per heavy atom. The number of carboxylic acid groups (broad SMARTS) is 1. The number of carboxylic acids is 1. The standard InChI is InChI=1S/C28H20F4N6O3/c1-3-33-20-8-15(29)7-16-21-23(38-5-4-14(11-38)28(30,31)32)18(10-34-25(21)36-22(16)20)13-6-17-24(39)19(27(40)41)12-37(2)26(17)35-9-13/h4-12,33H,3H2,1-2H3,(H,34,36)(H,40,41). The van der Waals surface area contributed by atoms with Gasteiger partial charge in [0.05, 0.1) is 33.2 Å². The first-order valence-corrected chi connectivity index (χ1v) is 12.3. The zero-order valence-corrected chi connectivity index (χ0v) is 21.5. The number of anilines is 1. The molecule has 13 heteroatoms. The van der Waals surface area contributed by atoms with Crippen molar-refractivity contribution in [2.45, 2.75) is 13.1 Å². The summed E-state index contributed by atoms with van der Waals surface area (Å²) < 4.78 is 58.3. The molecule has 0 bridgehead atoms. The number of halogens is 4. The average Bonchev–Trinajstić information content (AvgIpc) is 3.56. The lowest BCUT2D eigenvalue weighted by Gasteiger charge is -2.14. The number of aryl methyl sites for hydroxylation is 1. The van der Waals surface area contributed by atoms with Crippen LogP contribution in [0.2, 0.25) is 0 Å². The summed E-state index contributed by atoms with van der Waals surface area (Å²) >= 11 is 0. The quantitative estimate of drug-likeness (QED) is 0.231. The normalized spacial score (nSPS) is 12.0. The molecule has 0 aliphatic rings. The number of pyridine rings is 3. The fourth-order valence-corrected chi connectivity index (χ4v) is 5.09. The molecule has 0 aliphatic heterocycles. The van der Waals surface area contributed by atoms with E-state index in [9.17, 15) is 32.3 Å². The van der Waals surface area contributed by atoms with Gasteiger partial charge in [-0.2, -0.15) is 13.2 Å². The van der Waals surface area contributed by atoms with Gasteiger partial charge in [0, 0.05) is 61.1 Å². The lowest BCUT2D eigenvalue weighted by molar-refractivity contribution is -0.137. The summed E-state index contributed by atoms with van der Waals surface area (Å²) in [6.45, 7) is 2.33. The number of hydrogen-bond acceptors (Lipinski definition) is 5. The molecule has 208 valence electrons. The van der Waals surface area contributed by atoms with Gasteiger partial charge < -0.3 is 24.5 Å². The minimum Gasteiger partial charge on any atom is -0.477 e. The Bertz CT molecular complexity index is 2090. The number of carbonyl (C=O) groups is 1. The van der Waals surface area contributed by atoms with Crippen molar-refractivity contribution >= 4 is 44.6 Å². The molecule has 5 heterocycles. The summed E-state index contributed by atoms with van der Waals surface area (Å²) in [5, 5.41) is 13.3. The van der Waals surface area contributed by atoms with Gasteiger partial charge >= 0.3 is 12.1 Å². The fraction of sp³-hybridized carbons (Fsp3) is 0.143. The molecular formula is C28H20F4N6O3. The molecule has 0 amide bonds. The maximum absolute atomic E-state index is 14.8. The molecule has 6 aromatic rings. The van der Waals surface area contributed by atoms with Gasteiger partial charge in [0.25, 0.3) is 0 Å². The number of fused-ring (bicyclic) bond motifs is 4. The van der Waals surface area contributed by atoms with E-state index in [-0.39, 0.29) is 22.3 Å². The monoisotopic (exact) mass is 564 g/mol. The van der Waals surface area contributed by atoms with E-state index in [1.165, 1.54) is 52.1 Å². The molecule has 9 nitrogen and oxygen atoms in total. The molecule has 1 aromatic carbocycles. The van der Waals surface area contributed by atoms with E-state index >= 15 is 0 Å². The Labute approximate surface area is 227 Å². The highest BCUT2D eigenvalue weighted by atomic mass is 19.4. The van der Waals surface area contributed by atoms with E-state index < -0.39 is 34.5 Å². The third-order valence-electron chi connectivity index (χ3n) is 6.87. The Balaban J connectivity index is 1.73. The van der Waals surface area contributed by atoms with E-state index in [1.54, 1.807) is 7.05 Å². The number of rotatable bonds is 5. The lowest BCUT2D eigenvalue weighted by Crippen LogP contribution is -2.18. The first-order chi connectivity index (χ1) is 19.5. The first-order valence-electron chi connectivity index (χ1n) is 12.3. The van der Waals surface area contributed by atoms with Crippen LogP contribution in [0.3, 0.4) is 0 Å². The minimum absolute atomic E-state index is 0.00108. The van der Waals surface area contributed by atoms with Gasteiger partial charge in [0.2, 0.25) is 5.43 Å². The van der Waals surface area contributed by atoms with Crippen molar-refractivity contribution in [3.63, 3.8) is 0 Å². The van der Waals surface area contributed by atoms with Crippen LogP contribution in [0.1, 0.15) is 22.8 Å². The second-order valence-electron chi connectivity index (χ2n) is 9.46. The summed E-state index contributed by atoms with van der Waals surface area (Å²) in [5.74, 6) is -1.97. The molecule has 0 saturated carbocycles. The van der Waals surface area contributed by atoms with Crippen molar-refractivity contribution in [2.24, 2.45) is 7.05 Å². The predicted octanol–water partition coefficient (Wildman–Crippen LogP) is 5.71. The van der Waals surface area contributed by atoms with Crippen LogP contribution in [0.5, 0.6) is 0 Å². The van der Waals surface area contributed by atoms with Crippen LogP contribution >= 0.6 is 0 Å². The van der Waals surface area contributed by atoms with Gasteiger partial charge in [-0.1, -0.05) is 0 Å². The van der Waals surface area contributed by atoms with E-state index in [4.69, 9.17) is 0 Å². The van der Waals surface area contributed by atoms with Gasteiger partial charge in [-0.25, -0.2) is 19.2 Å². The van der Waals surface area contributed by atoms with Gasteiger partial charge in [-0.05, 0) is 31.2 Å². The number of H-pyrrole nitrogens is 1. The molecule has 0 spiro atoms. The topological polar surface area (TPSA) is 118 Å². The lowest BCUT2D eigenvalue weighted by atomic mass is 10.0. The number of aromatic nitrogens is 5. The van der Waals surface area contributed by atoms with Gasteiger partial charge in [-0.15, -0.1) is 0 Å². The zero-order chi connectivity index (χ0) is 29.2. The third kappa shape index (κ3) is 4.17. The van der Waals surface area contributed by atoms with Crippen LogP contribution in [0.4, 0.5) is 23.2 Å². The third-order valence-corrected chi connectivity index (χ3v) is 6.87.